The van der Waals surface area contributed by atoms with E-state index in [4.69, 9.17) is 0 Å². The average molecular weight is 326 g/mol. The lowest BCUT2D eigenvalue weighted by Crippen LogP contribution is -2.36. The van der Waals surface area contributed by atoms with Crippen molar-refractivity contribution >= 4 is 11.7 Å². The Morgan fingerprint density at radius 3 is 2.83 bits per heavy atom. The van der Waals surface area contributed by atoms with Gasteiger partial charge in [-0.1, -0.05) is 19.9 Å². The summed E-state index contributed by atoms with van der Waals surface area (Å²) < 4.78 is 0. The third kappa shape index (κ3) is 3.23. The van der Waals surface area contributed by atoms with E-state index in [-0.39, 0.29) is 17.4 Å². The van der Waals surface area contributed by atoms with Crippen LogP contribution in [0.3, 0.4) is 0 Å². The van der Waals surface area contributed by atoms with Gasteiger partial charge in [-0.25, -0.2) is 4.98 Å². The van der Waals surface area contributed by atoms with Gasteiger partial charge in [-0.05, 0) is 25.1 Å². The van der Waals surface area contributed by atoms with Crippen LogP contribution in [0.5, 0.6) is 0 Å². The Bertz CT molecular complexity index is 813. The second-order valence-electron chi connectivity index (χ2n) is 6.52. The van der Waals surface area contributed by atoms with Crippen molar-refractivity contribution in [2.45, 2.75) is 26.3 Å². The Balaban J connectivity index is 2.03. The summed E-state index contributed by atoms with van der Waals surface area (Å²) in [6.07, 6.45) is 1.70. The summed E-state index contributed by atoms with van der Waals surface area (Å²) >= 11 is 0. The molecule has 2 aromatic heterocycles. The van der Waals surface area contributed by atoms with E-state index in [1.54, 1.807) is 17.2 Å². The zero-order valence-electron chi connectivity index (χ0n) is 14.2. The summed E-state index contributed by atoms with van der Waals surface area (Å²) in [5, 5.41) is 0. The summed E-state index contributed by atoms with van der Waals surface area (Å²) in [5.74, 6) is 0.641. The molecule has 126 valence electrons. The van der Waals surface area contributed by atoms with Crippen LogP contribution in [0.25, 0.3) is 0 Å². The lowest BCUT2D eigenvalue weighted by Gasteiger charge is -2.21. The van der Waals surface area contributed by atoms with Gasteiger partial charge in [0.15, 0.2) is 0 Å². The third-order valence-electron chi connectivity index (χ3n) is 4.25. The molecule has 0 bridgehead atoms. The van der Waals surface area contributed by atoms with Crippen LogP contribution < -0.4 is 10.5 Å². The first kappa shape index (κ1) is 16.4. The smallest absolute Gasteiger partial charge is 0.259 e. The van der Waals surface area contributed by atoms with Gasteiger partial charge in [0.05, 0.1) is 0 Å². The van der Waals surface area contributed by atoms with Crippen LogP contribution in [0.15, 0.2) is 35.3 Å². The number of pyridine rings is 2. The Kier molecular flexibility index (Phi) is 4.49. The molecule has 0 atom stereocenters. The molecule has 3 rings (SSSR count). The lowest BCUT2D eigenvalue weighted by atomic mass is 10.1. The van der Waals surface area contributed by atoms with Crippen molar-refractivity contribution < 1.29 is 4.79 Å². The lowest BCUT2D eigenvalue weighted by molar-refractivity contribution is 0.0985. The Labute approximate surface area is 141 Å². The topological polar surface area (TPSA) is 69.3 Å². The third-order valence-corrected chi connectivity index (χ3v) is 4.25. The summed E-state index contributed by atoms with van der Waals surface area (Å²) in [5.41, 5.74) is 1.93. The van der Waals surface area contributed by atoms with E-state index in [0.29, 0.717) is 17.9 Å². The molecule has 0 fully saturated rings. The number of fused-ring (bicyclic) bond motifs is 1. The Morgan fingerprint density at radius 2 is 2.08 bits per heavy atom. The fourth-order valence-electron chi connectivity index (χ4n) is 2.90. The van der Waals surface area contributed by atoms with Gasteiger partial charge in [0.25, 0.3) is 5.91 Å². The van der Waals surface area contributed by atoms with E-state index in [9.17, 15) is 9.59 Å². The number of carbonyl (C=O) groups is 1. The average Bonchev–Trinajstić information content (AvgIpc) is 2.71. The quantitative estimate of drug-likeness (QED) is 0.916. The minimum Gasteiger partial charge on any atom is -0.326 e. The van der Waals surface area contributed by atoms with E-state index in [0.717, 1.165) is 24.3 Å². The van der Waals surface area contributed by atoms with E-state index >= 15 is 0 Å². The molecule has 0 aromatic carbocycles. The first-order valence-electron chi connectivity index (χ1n) is 8.14. The summed E-state index contributed by atoms with van der Waals surface area (Å²) in [6, 6.07) is 7.00. The van der Waals surface area contributed by atoms with Crippen molar-refractivity contribution in [1.29, 1.82) is 0 Å². The number of carbonyl (C=O) groups excluding carboxylic acids is 1. The molecule has 1 amide bonds. The van der Waals surface area contributed by atoms with Crippen molar-refractivity contribution in [2.75, 3.05) is 25.0 Å². The molecule has 1 aliphatic rings. The van der Waals surface area contributed by atoms with Gasteiger partial charge < -0.3 is 9.88 Å². The highest BCUT2D eigenvalue weighted by atomic mass is 16.2. The number of H-pyrrole nitrogens is 1. The van der Waals surface area contributed by atoms with Gasteiger partial charge in [-0.3, -0.25) is 14.5 Å². The minimum atomic E-state index is -0.252. The zero-order valence-corrected chi connectivity index (χ0v) is 14.2. The number of nitrogens with one attached hydrogen (secondary N) is 1. The first-order valence-corrected chi connectivity index (χ1v) is 8.14. The monoisotopic (exact) mass is 326 g/mol. The van der Waals surface area contributed by atoms with Crippen LogP contribution in [0.2, 0.25) is 0 Å². The molecule has 0 saturated carbocycles. The van der Waals surface area contributed by atoms with E-state index in [1.165, 1.54) is 6.07 Å². The van der Waals surface area contributed by atoms with Gasteiger partial charge in [0, 0.05) is 48.7 Å². The van der Waals surface area contributed by atoms with Crippen molar-refractivity contribution in [3.63, 3.8) is 0 Å². The van der Waals surface area contributed by atoms with E-state index in [2.05, 4.69) is 14.9 Å². The fraction of sp³-hybridized carbons (Fsp3) is 0.389. The predicted octanol–water partition coefficient (Wildman–Crippen LogP) is 1.99. The maximum Gasteiger partial charge on any atom is 0.259 e. The molecule has 0 aliphatic carbocycles. The van der Waals surface area contributed by atoms with Gasteiger partial charge >= 0.3 is 0 Å². The highest BCUT2D eigenvalue weighted by molar-refractivity contribution is 6.06. The molecule has 2 aromatic rings. The number of likely N-dealkylation sites (N-methyl/N-ethyl adjacent to an activating group) is 1. The number of hydrogen-bond donors (Lipinski definition) is 1. The summed E-state index contributed by atoms with van der Waals surface area (Å²) in [4.78, 5) is 36.0. The van der Waals surface area contributed by atoms with Crippen LogP contribution >= 0.6 is 0 Å². The molecule has 0 unspecified atom stereocenters. The standard InChI is InChI=1S/C18H22N4O2/c1-12(2)15-9-14(10-16(23)20-15)18(24)22-8-7-21(3)11-13-5-4-6-19-17(13)22/h4-6,9-10,12H,7-8,11H2,1-3H3,(H,20,23). The number of aromatic nitrogens is 2. The van der Waals surface area contributed by atoms with Gasteiger partial charge in [-0.15, -0.1) is 0 Å². The van der Waals surface area contributed by atoms with Crippen molar-refractivity contribution in [1.82, 2.24) is 14.9 Å². The number of nitrogens with zero attached hydrogens (tertiary/aromatic N) is 3. The number of hydrogen-bond acceptors (Lipinski definition) is 4. The first-order chi connectivity index (χ1) is 11.5. The molecule has 1 aliphatic heterocycles. The Morgan fingerprint density at radius 1 is 1.29 bits per heavy atom. The van der Waals surface area contributed by atoms with Gasteiger partial charge in [0.1, 0.15) is 5.82 Å². The zero-order chi connectivity index (χ0) is 17.3. The molecule has 6 nitrogen and oxygen atoms in total. The number of aromatic amines is 1. The molecule has 24 heavy (non-hydrogen) atoms. The molecule has 0 radical (unpaired) electrons. The van der Waals surface area contributed by atoms with Crippen molar-refractivity contribution in [3.05, 3.63) is 57.6 Å². The minimum absolute atomic E-state index is 0.145. The number of rotatable bonds is 2. The summed E-state index contributed by atoms with van der Waals surface area (Å²) in [7, 11) is 2.02. The molecule has 3 heterocycles. The molecule has 6 heteroatoms. The SMILES string of the molecule is CC(C)c1cc(C(=O)N2CCN(C)Cc3cccnc32)cc(=O)[nH]1. The maximum atomic E-state index is 13.1. The molecule has 0 saturated heterocycles. The van der Waals surface area contributed by atoms with Crippen LogP contribution in [-0.2, 0) is 6.54 Å². The highest BCUT2D eigenvalue weighted by Crippen LogP contribution is 2.23. The molecule has 0 spiro atoms. The second-order valence-corrected chi connectivity index (χ2v) is 6.52. The van der Waals surface area contributed by atoms with Crippen LogP contribution in [-0.4, -0.2) is 40.9 Å². The van der Waals surface area contributed by atoms with Crippen LogP contribution in [0, 0.1) is 0 Å². The largest absolute Gasteiger partial charge is 0.326 e. The maximum absolute atomic E-state index is 13.1. The van der Waals surface area contributed by atoms with E-state index in [1.807, 2.05) is 33.0 Å². The Hall–Kier alpha value is -2.47. The van der Waals surface area contributed by atoms with Crippen LogP contribution in [0.4, 0.5) is 5.82 Å². The fourth-order valence-corrected chi connectivity index (χ4v) is 2.90. The van der Waals surface area contributed by atoms with Gasteiger partial charge in [0.2, 0.25) is 5.56 Å². The molecule has 1 N–H and O–H groups in total. The van der Waals surface area contributed by atoms with Gasteiger partial charge in [-0.2, -0.15) is 0 Å². The summed E-state index contributed by atoms with van der Waals surface area (Å²) in [6.45, 7) is 6.01. The number of anilines is 1. The molecular formula is C18H22N4O2. The number of amides is 1. The second kappa shape index (κ2) is 6.57. The normalized spacial score (nSPS) is 15.2. The van der Waals surface area contributed by atoms with Crippen molar-refractivity contribution in [3.8, 4) is 0 Å². The van der Waals surface area contributed by atoms with E-state index < -0.39 is 0 Å². The predicted molar refractivity (Wildman–Crippen MR) is 93.4 cm³/mol. The van der Waals surface area contributed by atoms with Crippen LogP contribution in [0.1, 0.15) is 41.4 Å². The molecular weight excluding hydrogens is 304 g/mol. The van der Waals surface area contributed by atoms with Crippen molar-refractivity contribution in [2.24, 2.45) is 0 Å². The highest BCUT2D eigenvalue weighted by Gasteiger charge is 2.25.